The molecule has 0 aliphatic carbocycles. The van der Waals surface area contributed by atoms with Crippen molar-refractivity contribution in [3.8, 4) is 0 Å². The van der Waals surface area contributed by atoms with E-state index in [9.17, 15) is 14.4 Å². The third kappa shape index (κ3) is 4.61. The Balaban J connectivity index is 2.59. The highest BCUT2D eigenvalue weighted by atomic mass is 32.1. The number of thiazole rings is 1. The fraction of sp³-hybridized carbons (Fsp3) is 0.500. The predicted octanol–water partition coefficient (Wildman–Crippen LogP) is 0.978. The van der Waals surface area contributed by atoms with E-state index >= 15 is 0 Å². The van der Waals surface area contributed by atoms with Gasteiger partial charge in [-0.15, -0.1) is 11.3 Å². The molecule has 1 aromatic heterocycles. The fourth-order valence-corrected chi connectivity index (χ4v) is 2.20. The summed E-state index contributed by atoms with van der Waals surface area (Å²) in [5, 5.41) is 11.4. The van der Waals surface area contributed by atoms with Crippen LogP contribution in [0.15, 0.2) is 5.51 Å². The van der Waals surface area contributed by atoms with Crippen molar-refractivity contribution in [2.24, 2.45) is 0 Å². The van der Waals surface area contributed by atoms with Crippen molar-refractivity contribution < 1.29 is 24.2 Å². The molecule has 0 spiro atoms. The maximum atomic E-state index is 11.9. The standard InChI is InChI=1S/C12H16N2O5S/c1-3-19-9(15)5-4-8(12(17)18)14-11(16)10-7(2)13-6-20-10/h6,8H,3-5H2,1-2H3,(H,14,16)(H,17,18)/t8-/m0/s1. The van der Waals surface area contributed by atoms with Crippen molar-refractivity contribution >= 4 is 29.2 Å². The van der Waals surface area contributed by atoms with E-state index in [1.54, 1.807) is 13.8 Å². The van der Waals surface area contributed by atoms with Gasteiger partial charge in [0, 0.05) is 6.42 Å². The Hall–Kier alpha value is -1.96. The number of aromatic nitrogens is 1. The Morgan fingerprint density at radius 1 is 1.50 bits per heavy atom. The predicted molar refractivity (Wildman–Crippen MR) is 71.6 cm³/mol. The number of hydrogen-bond donors (Lipinski definition) is 2. The van der Waals surface area contributed by atoms with Crippen LogP contribution in [0.25, 0.3) is 0 Å². The number of carboxylic acids is 1. The minimum Gasteiger partial charge on any atom is -0.480 e. The van der Waals surface area contributed by atoms with Crippen LogP contribution in [0.4, 0.5) is 0 Å². The molecule has 1 heterocycles. The molecule has 0 radical (unpaired) electrons. The number of rotatable bonds is 7. The lowest BCUT2D eigenvalue weighted by molar-refractivity contribution is -0.144. The van der Waals surface area contributed by atoms with Crippen LogP contribution >= 0.6 is 11.3 Å². The molecule has 0 fully saturated rings. The summed E-state index contributed by atoms with van der Waals surface area (Å²) in [4.78, 5) is 38.5. The number of hydrogen-bond acceptors (Lipinski definition) is 6. The van der Waals surface area contributed by atoms with Gasteiger partial charge >= 0.3 is 11.9 Å². The van der Waals surface area contributed by atoms with Crippen LogP contribution in [0.5, 0.6) is 0 Å². The molecule has 0 unspecified atom stereocenters. The number of ether oxygens (including phenoxy) is 1. The topological polar surface area (TPSA) is 106 Å². The van der Waals surface area contributed by atoms with Gasteiger partial charge in [0.2, 0.25) is 0 Å². The van der Waals surface area contributed by atoms with Gasteiger partial charge in [-0.25, -0.2) is 9.78 Å². The van der Waals surface area contributed by atoms with Gasteiger partial charge in [0.05, 0.1) is 17.8 Å². The average molecular weight is 300 g/mol. The Morgan fingerprint density at radius 2 is 2.20 bits per heavy atom. The summed E-state index contributed by atoms with van der Waals surface area (Å²) in [6.45, 7) is 3.57. The van der Waals surface area contributed by atoms with Crippen molar-refractivity contribution in [1.29, 1.82) is 0 Å². The Labute approximate surface area is 120 Å². The Kier molecular flexibility index (Phi) is 6.10. The first kappa shape index (κ1) is 16.1. The zero-order chi connectivity index (χ0) is 15.1. The molecule has 1 amide bonds. The zero-order valence-corrected chi connectivity index (χ0v) is 12.0. The van der Waals surface area contributed by atoms with Crippen LogP contribution in [0.2, 0.25) is 0 Å². The highest BCUT2D eigenvalue weighted by Gasteiger charge is 2.23. The zero-order valence-electron chi connectivity index (χ0n) is 11.2. The molecule has 0 saturated heterocycles. The summed E-state index contributed by atoms with van der Waals surface area (Å²) < 4.78 is 4.72. The second kappa shape index (κ2) is 7.59. The molecule has 1 atom stereocenters. The van der Waals surface area contributed by atoms with E-state index in [-0.39, 0.29) is 19.4 Å². The first-order valence-corrected chi connectivity index (χ1v) is 6.93. The van der Waals surface area contributed by atoms with Gasteiger partial charge in [0.1, 0.15) is 10.9 Å². The number of carbonyl (C=O) groups excluding carboxylic acids is 2. The molecule has 7 nitrogen and oxygen atoms in total. The summed E-state index contributed by atoms with van der Waals surface area (Å²) in [6.07, 6.45) is -0.0789. The van der Waals surface area contributed by atoms with E-state index in [0.717, 1.165) is 11.3 Å². The second-order valence-corrected chi connectivity index (χ2v) is 4.83. The van der Waals surface area contributed by atoms with E-state index in [0.29, 0.717) is 10.6 Å². The van der Waals surface area contributed by atoms with Gasteiger partial charge in [-0.1, -0.05) is 0 Å². The summed E-state index contributed by atoms with van der Waals surface area (Å²) in [5.74, 6) is -2.17. The number of aliphatic carboxylic acids is 1. The average Bonchev–Trinajstić information content (AvgIpc) is 2.80. The van der Waals surface area contributed by atoms with Crippen LogP contribution < -0.4 is 5.32 Å². The Bertz CT molecular complexity index is 500. The molecule has 0 aliphatic rings. The van der Waals surface area contributed by atoms with E-state index in [1.165, 1.54) is 5.51 Å². The highest BCUT2D eigenvalue weighted by Crippen LogP contribution is 2.12. The highest BCUT2D eigenvalue weighted by molar-refractivity contribution is 7.11. The molecule has 0 saturated carbocycles. The van der Waals surface area contributed by atoms with E-state index in [4.69, 9.17) is 9.84 Å². The maximum absolute atomic E-state index is 11.9. The molecule has 110 valence electrons. The number of amides is 1. The molecule has 0 aromatic carbocycles. The molecule has 1 aromatic rings. The van der Waals surface area contributed by atoms with E-state index in [2.05, 4.69) is 10.3 Å². The molecule has 1 rings (SSSR count). The molecular weight excluding hydrogens is 284 g/mol. The van der Waals surface area contributed by atoms with Gasteiger partial charge in [0.15, 0.2) is 0 Å². The molecule has 2 N–H and O–H groups in total. The lowest BCUT2D eigenvalue weighted by atomic mass is 10.1. The number of aryl methyl sites for hydroxylation is 1. The summed E-state index contributed by atoms with van der Waals surface area (Å²) in [6, 6.07) is -1.13. The number of nitrogens with one attached hydrogen (secondary N) is 1. The lowest BCUT2D eigenvalue weighted by Gasteiger charge is -2.13. The van der Waals surface area contributed by atoms with Crippen molar-refractivity contribution in [2.75, 3.05) is 6.61 Å². The largest absolute Gasteiger partial charge is 0.480 e. The second-order valence-electron chi connectivity index (χ2n) is 3.97. The van der Waals surface area contributed by atoms with Gasteiger partial charge < -0.3 is 15.2 Å². The molecule has 0 aliphatic heterocycles. The van der Waals surface area contributed by atoms with Crippen LogP contribution in [0.3, 0.4) is 0 Å². The van der Waals surface area contributed by atoms with Crippen LogP contribution in [-0.2, 0) is 14.3 Å². The normalized spacial score (nSPS) is 11.7. The molecular formula is C12H16N2O5S. The van der Waals surface area contributed by atoms with Crippen molar-refractivity contribution in [2.45, 2.75) is 32.7 Å². The maximum Gasteiger partial charge on any atom is 0.326 e. The monoisotopic (exact) mass is 300 g/mol. The minimum absolute atomic E-state index is 0.0161. The third-order valence-electron chi connectivity index (χ3n) is 2.50. The lowest BCUT2D eigenvalue weighted by Crippen LogP contribution is -2.41. The first-order chi connectivity index (χ1) is 9.45. The number of carbonyl (C=O) groups is 3. The van der Waals surface area contributed by atoms with Gasteiger partial charge in [0.25, 0.3) is 5.91 Å². The number of esters is 1. The van der Waals surface area contributed by atoms with Crippen LogP contribution in [0, 0.1) is 6.92 Å². The van der Waals surface area contributed by atoms with E-state index < -0.39 is 23.9 Å². The van der Waals surface area contributed by atoms with Gasteiger partial charge in [-0.05, 0) is 20.3 Å². The van der Waals surface area contributed by atoms with Crippen molar-refractivity contribution in [3.63, 3.8) is 0 Å². The quantitative estimate of drug-likeness (QED) is 0.727. The summed E-state index contributed by atoms with van der Waals surface area (Å²) >= 11 is 1.14. The van der Waals surface area contributed by atoms with Crippen molar-refractivity contribution in [3.05, 3.63) is 16.1 Å². The Morgan fingerprint density at radius 3 is 2.70 bits per heavy atom. The van der Waals surface area contributed by atoms with E-state index in [1.807, 2.05) is 0 Å². The van der Waals surface area contributed by atoms with Gasteiger partial charge in [-0.3, -0.25) is 9.59 Å². The summed E-state index contributed by atoms with van der Waals surface area (Å²) in [5.41, 5.74) is 2.06. The third-order valence-corrected chi connectivity index (χ3v) is 3.42. The molecule has 20 heavy (non-hydrogen) atoms. The van der Waals surface area contributed by atoms with Crippen LogP contribution in [0.1, 0.15) is 35.1 Å². The number of carboxylic acid groups (broad SMARTS) is 1. The fourth-order valence-electron chi connectivity index (χ4n) is 1.50. The minimum atomic E-state index is -1.19. The van der Waals surface area contributed by atoms with Crippen molar-refractivity contribution in [1.82, 2.24) is 10.3 Å². The summed E-state index contributed by atoms with van der Waals surface area (Å²) in [7, 11) is 0. The number of nitrogens with zero attached hydrogens (tertiary/aromatic N) is 1. The smallest absolute Gasteiger partial charge is 0.326 e. The SMILES string of the molecule is CCOC(=O)CC[C@H](NC(=O)c1scnc1C)C(=O)O. The molecule has 8 heteroatoms. The first-order valence-electron chi connectivity index (χ1n) is 6.05. The van der Waals surface area contributed by atoms with Crippen LogP contribution in [-0.4, -0.2) is 40.6 Å². The molecule has 0 bridgehead atoms. The van der Waals surface area contributed by atoms with Gasteiger partial charge in [-0.2, -0.15) is 0 Å².